The molecule has 0 saturated heterocycles. The van der Waals surface area contributed by atoms with Gasteiger partial charge in [-0.15, -0.1) is 0 Å². The quantitative estimate of drug-likeness (QED) is 0.816. The average molecular weight is 305 g/mol. The van der Waals surface area contributed by atoms with Crippen LogP contribution in [0.3, 0.4) is 0 Å². The van der Waals surface area contributed by atoms with Gasteiger partial charge in [-0.3, -0.25) is 4.79 Å². The van der Waals surface area contributed by atoms with Gasteiger partial charge in [0.25, 0.3) is 0 Å². The number of hydrogen-bond acceptors (Lipinski definition) is 3. The van der Waals surface area contributed by atoms with Gasteiger partial charge >= 0.3 is 0 Å². The molecule has 2 aromatic rings. The van der Waals surface area contributed by atoms with E-state index in [9.17, 15) is 4.79 Å². The lowest BCUT2D eigenvalue weighted by Crippen LogP contribution is -2.08. The van der Waals surface area contributed by atoms with Crippen LogP contribution in [0.4, 0.5) is 0 Å². The van der Waals surface area contributed by atoms with Crippen molar-refractivity contribution in [3.8, 4) is 11.5 Å². The number of rotatable bonds is 6. The fraction of sp³-hybridized carbons (Fsp3) is 0.235. The number of methoxy groups -OCH3 is 2. The van der Waals surface area contributed by atoms with Crippen molar-refractivity contribution in [1.82, 2.24) is 0 Å². The highest BCUT2D eigenvalue weighted by atomic mass is 35.5. The molecule has 21 heavy (non-hydrogen) atoms. The summed E-state index contributed by atoms with van der Waals surface area (Å²) in [6, 6.07) is 12.8. The summed E-state index contributed by atoms with van der Waals surface area (Å²) in [7, 11) is 3.18. The number of carbonyl (C=O) groups is 1. The van der Waals surface area contributed by atoms with Crippen LogP contribution in [0.5, 0.6) is 11.5 Å². The van der Waals surface area contributed by atoms with E-state index in [4.69, 9.17) is 21.1 Å². The van der Waals surface area contributed by atoms with Gasteiger partial charge in [-0.2, -0.15) is 0 Å². The van der Waals surface area contributed by atoms with Gasteiger partial charge in [0.1, 0.15) is 17.3 Å². The van der Waals surface area contributed by atoms with E-state index in [-0.39, 0.29) is 12.2 Å². The number of benzene rings is 2. The molecular formula is C17H17ClO3. The van der Waals surface area contributed by atoms with Gasteiger partial charge in [-0.05, 0) is 24.3 Å². The van der Waals surface area contributed by atoms with E-state index in [1.54, 1.807) is 32.4 Å². The standard InChI is InChI=1S/C17H17ClO3/c1-20-16-6-4-3-5-12(16)10-15(19)11-13-9-14(18)7-8-17(13)21-2/h3-9H,10-11H2,1-2H3. The SMILES string of the molecule is COc1ccccc1CC(=O)Cc1cc(Cl)ccc1OC. The van der Waals surface area contributed by atoms with Crippen molar-refractivity contribution in [1.29, 1.82) is 0 Å². The molecule has 0 N–H and O–H groups in total. The molecule has 0 unspecified atom stereocenters. The summed E-state index contributed by atoms with van der Waals surface area (Å²) < 4.78 is 10.5. The Morgan fingerprint density at radius 1 is 0.952 bits per heavy atom. The molecular weight excluding hydrogens is 288 g/mol. The first-order chi connectivity index (χ1) is 10.1. The molecule has 3 nitrogen and oxygen atoms in total. The number of halogens is 1. The van der Waals surface area contributed by atoms with E-state index in [0.29, 0.717) is 17.2 Å². The Morgan fingerprint density at radius 3 is 2.29 bits per heavy atom. The highest BCUT2D eigenvalue weighted by Crippen LogP contribution is 2.24. The molecule has 2 aromatic carbocycles. The van der Waals surface area contributed by atoms with Crippen molar-refractivity contribution in [3.05, 3.63) is 58.6 Å². The molecule has 0 spiro atoms. The second-order valence-corrected chi connectivity index (χ2v) is 5.10. The maximum atomic E-state index is 12.3. The van der Waals surface area contributed by atoms with Gasteiger partial charge < -0.3 is 9.47 Å². The summed E-state index contributed by atoms with van der Waals surface area (Å²) in [6.45, 7) is 0. The first-order valence-electron chi connectivity index (χ1n) is 6.60. The number of para-hydroxylation sites is 1. The van der Waals surface area contributed by atoms with E-state index >= 15 is 0 Å². The minimum absolute atomic E-state index is 0.0834. The second kappa shape index (κ2) is 7.14. The van der Waals surface area contributed by atoms with Crippen LogP contribution < -0.4 is 9.47 Å². The molecule has 0 aliphatic carbocycles. The van der Waals surface area contributed by atoms with Crippen molar-refractivity contribution in [2.75, 3.05) is 14.2 Å². The number of carbonyl (C=O) groups excluding carboxylic acids is 1. The molecule has 0 bridgehead atoms. The Kier molecular flexibility index (Phi) is 5.23. The third-order valence-corrected chi connectivity index (χ3v) is 3.45. The molecule has 0 fully saturated rings. The molecule has 2 rings (SSSR count). The predicted molar refractivity (Wildman–Crippen MR) is 83.4 cm³/mol. The molecule has 110 valence electrons. The van der Waals surface area contributed by atoms with E-state index in [1.165, 1.54) is 0 Å². The monoisotopic (exact) mass is 304 g/mol. The van der Waals surface area contributed by atoms with Crippen LogP contribution in [0.15, 0.2) is 42.5 Å². The number of hydrogen-bond donors (Lipinski definition) is 0. The number of ketones is 1. The number of ether oxygens (including phenoxy) is 2. The van der Waals surface area contributed by atoms with Crippen molar-refractivity contribution in [2.45, 2.75) is 12.8 Å². The first kappa shape index (κ1) is 15.4. The Labute approximate surface area is 129 Å². The topological polar surface area (TPSA) is 35.5 Å². The number of Topliss-reactive ketones (excluding diaryl/α,β-unsaturated/α-hetero) is 1. The van der Waals surface area contributed by atoms with Crippen LogP contribution in [0.2, 0.25) is 5.02 Å². The maximum absolute atomic E-state index is 12.3. The Hall–Kier alpha value is -2.00. The second-order valence-electron chi connectivity index (χ2n) is 4.66. The lowest BCUT2D eigenvalue weighted by atomic mass is 10.0. The predicted octanol–water partition coefficient (Wildman–Crippen LogP) is 3.71. The minimum atomic E-state index is 0.0834. The molecule has 0 amide bonds. The van der Waals surface area contributed by atoms with Crippen molar-refractivity contribution >= 4 is 17.4 Å². The Bertz CT molecular complexity index is 638. The lowest BCUT2D eigenvalue weighted by molar-refractivity contribution is -0.117. The van der Waals surface area contributed by atoms with Crippen LogP contribution in [-0.2, 0) is 17.6 Å². The average Bonchev–Trinajstić information content (AvgIpc) is 2.48. The zero-order valence-electron chi connectivity index (χ0n) is 12.1. The lowest BCUT2D eigenvalue weighted by Gasteiger charge is -2.10. The molecule has 0 atom stereocenters. The highest BCUT2D eigenvalue weighted by Gasteiger charge is 2.12. The first-order valence-corrected chi connectivity index (χ1v) is 6.98. The summed E-state index contributed by atoms with van der Waals surface area (Å²) >= 11 is 5.98. The zero-order chi connectivity index (χ0) is 15.2. The minimum Gasteiger partial charge on any atom is -0.496 e. The van der Waals surface area contributed by atoms with Gasteiger partial charge in [0.15, 0.2) is 0 Å². The fourth-order valence-corrected chi connectivity index (χ4v) is 2.42. The summed E-state index contributed by atoms with van der Waals surface area (Å²) in [5.41, 5.74) is 1.68. The fourth-order valence-electron chi connectivity index (χ4n) is 2.22. The van der Waals surface area contributed by atoms with Crippen LogP contribution >= 0.6 is 11.6 Å². The summed E-state index contributed by atoms with van der Waals surface area (Å²) in [5.74, 6) is 1.48. The molecule has 0 aliphatic rings. The smallest absolute Gasteiger partial charge is 0.141 e. The largest absolute Gasteiger partial charge is 0.496 e. The maximum Gasteiger partial charge on any atom is 0.141 e. The summed E-state index contributed by atoms with van der Waals surface area (Å²) in [4.78, 5) is 12.3. The van der Waals surface area contributed by atoms with Crippen LogP contribution in [0.1, 0.15) is 11.1 Å². The molecule has 0 aliphatic heterocycles. The molecule has 0 aromatic heterocycles. The Balaban J connectivity index is 2.13. The van der Waals surface area contributed by atoms with E-state index in [2.05, 4.69) is 0 Å². The van der Waals surface area contributed by atoms with Crippen molar-refractivity contribution in [3.63, 3.8) is 0 Å². The van der Waals surface area contributed by atoms with E-state index in [1.807, 2.05) is 24.3 Å². The van der Waals surface area contributed by atoms with Gasteiger partial charge in [-0.1, -0.05) is 29.8 Å². The molecule has 4 heteroatoms. The van der Waals surface area contributed by atoms with Gasteiger partial charge in [0, 0.05) is 29.0 Å². The summed E-state index contributed by atoms with van der Waals surface area (Å²) in [5, 5.41) is 0.593. The molecule has 0 heterocycles. The van der Waals surface area contributed by atoms with Crippen molar-refractivity contribution in [2.24, 2.45) is 0 Å². The van der Waals surface area contributed by atoms with Crippen molar-refractivity contribution < 1.29 is 14.3 Å². The third kappa shape index (κ3) is 3.99. The van der Waals surface area contributed by atoms with E-state index < -0.39 is 0 Å². The molecule has 0 radical (unpaired) electrons. The Morgan fingerprint density at radius 2 is 1.57 bits per heavy atom. The van der Waals surface area contributed by atoms with E-state index in [0.717, 1.165) is 16.9 Å². The molecule has 0 saturated carbocycles. The van der Waals surface area contributed by atoms with Gasteiger partial charge in [0.2, 0.25) is 0 Å². The summed E-state index contributed by atoms with van der Waals surface area (Å²) in [6.07, 6.45) is 0.599. The highest BCUT2D eigenvalue weighted by molar-refractivity contribution is 6.30. The van der Waals surface area contributed by atoms with Gasteiger partial charge in [-0.25, -0.2) is 0 Å². The van der Waals surface area contributed by atoms with Gasteiger partial charge in [0.05, 0.1) is 14.2 Å². The third-order valence-electron chi connectivity index (χ3n) is 3.21. The zero-order valence-corrected chi connectivity index (χ0v) is 12.8. The normalized spacial score (nSPS) is 10.2. The van der Waals surface area contributed by atoms with Crippen LogP contribution in [0, 0.1) is 0 Å². The van der Waals surface area contributed by atoms with Crippen LogP contribution in [0.25, 0.3) is 0 Å². The van der Waals surface area contributed by atoms with Crippen LogP contribution in [-0.4, -0.2) is 20.0 Å².